The number of anilines is 3. The lowest BCUT2D eigenvalue weighted by atomic mass is 10.4. The minimum absolute atomic E-state index is 0.506. The van der Waals surface area contributed by atoms with Crippen LogP contribution in [0.5, 0.6) is 0 Å². The molecule has 3 rings (SSSR count). The highest BCUT2D eigenvalue weighted by molar-refractivity contribution is 5.52. The zero-order valence-corrected chi connectivity index (χ0v) is 10.8. The number of hydrogen-bond acceptors (Lipinski definition) is 7. The van der Waals surface area contributed by atoms with Gasteiger partial charge in [0, 0.05) is 12.3 Å². The number of aryl methyl sites for hydroxylation is 1. The van der Waals surface area contributed by atoms with E-state index in [0.29, 0.717) is 24.1 Å². The van der Waals surface area contributed by atoms with Crippen molar-refractivity contribution in [1.29, 1.82) is 0 Å². The summed E-state index contributed by atoms with van der Waals surface area (Å²) in [5.74, 6) is 3.30. The molecule has 102 valence electrons. The van der Waals surface area contributed by atoms with Crippen molar-refractivity contribution in [2.24, 2.45) is 0 Å². The summed E-state index contributed by atoms with van der Waals surface area (Å²) in [5, 5.41) is 9.96. The second-order valence-electron chi connectivity index (χ2n) is 4.15. The van der Waals surface area contributed by atoms with Crippen molar-refractivity contribution in [3.8, 4) is 0 Å². The third kappa shape index (κ3) is 2.94. The van der Waals surface area contributed by atoms with E-state index in [4.69, 9.17) is 8.94 Å². The van der Waals surface area contributed by atoms with Crippen LogP contribution in [0.15, 0.2) is 45.7 Å². The van der Waals surface area contributed by atoms with Crippen LogP contribution in [0.25, 0.3) is 0 Å². The number of rotatable bonds is 5. The lowest BCUT2D eigenvalue weighted by Gasteiger charge is -2.05. The van der Waals surface area contributed by atoms with E-state index >= 15 is 0 Å². The molecule has 0 unspecified atom stereocenters. The highest BCUT2D eigenvalue weighted by Crippen LogP contribution is 2.15. The first-order valence-electron chi connectivity index (χ1n) is 6.09. The second kappa shape index (κ2) is 5.43. The van der Waals surface area contributed by atoms with Gasteiger partial charge in [-0.2, -0.15) is 4.98 Å². The Balaban J connectivity index is 1.66. The molecule has 0 saturated heterocycles. The molecule has 0 amide bonds. The van der Waals surface area contributed by atoms with E-state index in [9.17, 15) is 0 Å². The van der Waals surface area contributed by atoms with Crippen LogP contribution >= 0.6 is 0 Å². The van der Waals surface area contributed by atoms with Crippen LogP contribution < -0.4 is 10.6 Å². The zero-order chi connectivity index (χ0) is 13.8. The summed E-state index contributed by atoms with van der Waals surface area (Å²) >= 11 is 0. The molecule has 0 saturated carbocycles. The molecule has 0 fully saturated rings. The van der Waals surface area contributed by atoms with Gasteiger partial charge in [0.05, 0.1) is 12.8 Å². The summed E-state index contributed by atoms with van der Waals surface area (Å²) in [6.45, 7) is 2.36. The van der Waals surface area contributed by atoms with Crippen molar-refractivity contribution >= 4 is 17.6 Å². The maximum atomic E-state index is 5.23. The minimum atomic E-state index is 0.506. The Hall–Kier alpha value is -2.83. The molecule has 0 aliphatic carbocycles. The molecule has 0 aliphatic rings. The Morgan fingerprint density at radius 2 is 2.20 bits per heavy atom. The van der Waals surface area contributed by atoms with E-state index in [1.54, 1.807) is 24.6 Å². The van der Waals surface area contributed by atoms with Gasteiger partial charge < -0.3 is 19.6 Å². The molecule has 2 N–H and O–H groups in total. The van der Waals surface area contributed by atoms with Crippen molar-refractivity contribution in [3.63, 3.8) is 0 Å². The summed E-state index contributed by atoms with van der Waals surface area (Å²) in [6, 6.07) is 7.26. The van der Waals surface area contributed by atoms with Crippen LogP contribution in [0, 0.1) is 6.92 Å². The Kier molecular flexibility index (Phi) is 3.32. The number of furan rings is 1. The maximum absolute atomic E-state index is 5.23. The van der Waals surface area contributed by atoms with E-state index in [1.807, 2.05) is 19.1 Å². The fourth-order valence-electron chi connectivity index (χ4n) is 1.65. The number of aromatic nitrogens is 3. The number of hydrogen-bond donors (Lipinski definition) is 2. The average molecular weight is 271 g/mol. The van der Waals surface area contributed by atoms with Crippen LogP contribution in [-0.2, 0) is 6.54 Å². The van der Waals surface area contributed by atoms with Crippen LogP contribution in [0.2, 0.25) is 0 Å². The van der Waals surface area contributed by atoms with Gasteiger partial charge in [-0.15, -0.1) is 0 Å². The molecule has 0 spiro atoms. The maximum Gasteiger partial charge on any atom is 0.224 e. The molecule has 3 aromatic heterocycles. The van der Waals surface area contributed by atoms with Gasteiger partial charge >= 0.3 is 0 Å². The van der Waals surface area contributed by atoms with E-state index in [2.05, 4.69) is 25.8 Å². The molecule has 0 bridgehead atoms. The lowest BCUT2D eigenvalue weighted by molar-refractivity contribution is 0.400. The summed E-state index contributed by atoms with van der Waals surface area (Å²) < 4.78 is 10.2. The van der Waals surface area contributed by atoms with E-state index in [-0.39, 0.29) is 0 Å². The first kappa shape index (κ1) is 12.2. The first-order valence-corrected chi connectivity index (χ1v) is 6.09. The van der Waals surface area contributed by atoms with Gasteiger partial charge in [-0.25, -0.2) is 4.98 Å². The van der Waals surface area contributed by atoms with E-state index in [1.165, 1.54) is 0 Å². The Morgan fingerprint density at radius 1 is 1.25 bits per heavy atom. The third-order valence-corrected chi connectivity index (χ3v) is 2.54. The van der Waals surface area contributed by atoms with Crippen LogP contribution in [0.3, 0.4) is 0 Å². The van der Waals surface area contributed by atoms with Gasteiger partial charge in [0.25, 0.3) is 0 Å². The van der Waals surface area contributed by atoms with Crippen molar-refractivity contribution in [1.82, 2.24) is 15.1 Å². The first-order chi connectivity index (χ1) is 9.79. The molecule has 3 aromatic rings. The predicted octanol–water partition coefficient (Wildman–Crippen LogP) is 2.72. The standard InChI is InChI=1S/C13H13N5O2/c1-9-7-12(18-20-9)16-11-4-5-14-13(17-11)15-8-10-3-2-6-19-10/h2-7H,8H2,1H3,(H2,14,15,16,17,18). The van der Waals surface area contributed by atoms with E-state index in [0.717, 1.165) is 11.5 Å². The molecule has 3 heterocycles. The topological polar surface area (TPSA) is 89.0 Å². The third-order valence-electron chi connectivity index (χ3n) is 2.54. The molecule has 7 heteroatoms. The Bertz CT molecular complexity index is 678. The van der Waals surface area contributed by atoms with Crippen molar-refractivity contribution in [3.05, 3.63) is 48.2 Å². The summed E-state index contributed by atoms with van der Waals surface area (Å²) in [5.41, 5.74) is 0. The van der Waals surface area contributed by atoms with Gasteiger partial charge in [-0.3, -0.25) is 0 Å². The summed E-state index contributed by atoms with van der Waals surface area (Å²) in [6.07, 6.45) is 3.29. The van der Waals surface area contributed by atoms with Crippen molar-refractivity contribution in [2.75, 3.05) is 10.6 Å². The smallest absolute Gasteiger partial charge is 0.224 e. The average Bonchev–Trinajstić information content (AvgIpc) is 3.09. The molecule has 0 atom stereocenters. The highest BCUT2D eigenvalue weighted by atomic mass is 16.5. The van der Waals surface area contributed by atoms with Crippen molar-refractivity contribution in [2.45, 2.75) is 13.5 Å². The second-order valence-corrected chi connectivity index (χ2v) is 4.15. The summed E-state index contributed by atoms with van der Waals surface area (Å²) in [4.78, 5) is 8.46. The Morgan fingerprint density at radius 3 is 2.95 bits per heavy atom. The van der Waals surface area contributed by atoms with Gasteiger partial charge in [0.1, 0.15) is 17.3 Å². The fraction of sp³-hybridized carbons (Fsp3) is 0.154. The quantitative estimate of drug-likeness (QED) is 0.737. The van der Waals surface area contributed by atoms with Gasteiger partial charge in [0.15, 0.2) is 5.82 Å². The molecule has 0 radical (unpaired) electrons. The SMILES string of the molecule is Cc1cc(Nc2ccnc(NCc3ccco3)n2)no1. The van der Waals surface area contributed by atoms with E-state index < -0.39 is 0 Å². The van der Waals surface area contributed by atoms with Crippen LogP contribution in [0.1, 0.15) is 11.5 Å². The van der Waals surface area contributed by atoms with Gasteiger partial charge in [0.2, 0.25) is 5.95 Å². The Labute approximate surface area is 115 Å². The fourth-order valence-corrected chi connectivity index (χ4v) is 1.65. The van der Waals surface area contributed by atoms with Gasteiger partial charge in [-0.05, 0) is 25.1 Å². The van der Waals surface area contributed by atoms with Gasteiger partial charge in [-0.1, -0.05) is 5.16 Å². The molecule has 0 aliphatic heterocycles. The normalized spacial score (nSPS) is 10.4. The minimum Gasteiger partial charge on any atom is -0.467 e. The molecular weight excluding hydrogens is 258 g/mol. The number of nitrogens with zero attached hydrogens (tertiary/aromatic N) is 3. The van der Waals surface area contributed by atoms with Crippen LogP contribution in [0.4, 0.5) is 17.6 Å². The lowest BCUT2D eigenvalue weighted by Crippen LogP contribution is -2.04. The van der Waals surface area contributed by atoms with Crippen LogP contribution in [-0.4, -0.2) is 15.1 Å². The van der Waals surface area contributed by atoms with Crippen molar-refractivity contribution < 1.29 is 8.94 Å². The molecule has 0 aromatic carbocycles. The molecule has 7 nitrogen and oxygen atoms in total. The zero-order valence-electron chi connectivity index (χ0n) is 10.8. The summed E-state index contributed by atoms with van der Waals surface area (Å²) in [7, 11) is 0. The number of nitrogens with one attached hydrogen (secondary N) is 2. The largest absolute Gasteiger partial charge is 0.467 e. The highest BCUT2D eigenvalue weighted by Gasteiger charge is 2.04. The monoisotopic (exact) mass is 271 g/mol. The molecule has 20 heavy (non-hydrogen) atoms. The predicted molar refractivity (Wildman–Crippen MR) is 72.6 cm³/mol. The molecular formula is C13H13N5O2.